The zero-order valence-corrected chi connectivity index (χ0v) is 10.6. The van der Waals surface area contributed by atoms with Crippen LogP contribution in [0, 0.1) is 11.8 Å². The lowest BCUT2D eigenvalue weighted by Crippen LogP contribution is -2.39. The molecule has 0 radical (unpaired) electrons. The molecule has 1 unspecified atom stereocenters. The SMILES string of the molecule is CC(C)CC1CCN(C(=O)NCCC(=O)O)C1. The van der Waals surface area contributed by atoms with Crippen LogP contribution in [0.5, 0.6) is 0 Å². The van der Waals surface area contributed by atoms with Gasteiger partial charge in [-0.2, -0.15) is 0 Å². The van der Waals surface area contributed by atoms with E-state index in [2.05, 4.69) is 19.2 Å². The maximum absolute atomic E-state index is 11.7. The molecule has 0 bridgehead atoms. The number of carbonyl (C=O) groups excluding carboxylic acids is 1. The molecule has 0 aromatic carbocycles. The second-order valence-corrected chi connectivity index (χ2v) is 5.11. The molecule has 0 spiro atoms. The van der Waals surface area contributed by atoms with Gasteiger partial charge in [0, 0.05) is 19.6 Å². The molecule has 1 aliphatic heterocycles. The first-order chi connectivity index (χ1) is 7.99. The van der Waals surface area contributed by atoms with Crippen LogP contribution >= 0.6 is 0 Å². The Morgan fingerprint density at radius 1 is 1.47 bits per heavy atom. The molecule has 1 heterocycles. The average Bonchev–Trinajstić information content (AvgIpc) is 2.64. The number of amides is 2. The van der Waals surface area contributed by atoms with Crippen molar-refractivity contribution in [3.8, 4) is 0 Å². The van der Waals surface area contributed by atoms with Crippen molar-refractivity contribution < 1.29 is 14.7 Å². The highest BCUT2D eigenvalue weighted by atomic mass is 16.4. The minimum atomic E-state index is -0.885. The predicted molar refractivity (Wildman–Crippen MR) is 64.8 cm³/mol. The predicted octanol–water partition coefficient (Wildman–Crippen LogP) is 1.54. The van der Waals surface area contributed by atoms with Gasteiger partial charge in [0.05, 0.1) is 6.42 Å². The highest BCUT2D eigenvalue weighted by Gasteiger charge is 2.26. The molecule has 1 fully saturated rings. The van der Waals surface area contributed by atoms with Crippen molar-refractivity contribution in [2.24, 2.45) is 11.8 Å². The summed E-state index contributed by atoms with van der Waals surface area (Å²) in [4.78, 5) is 23.8. The number of carboxylic acids is 1. The first-order valence-corrected chi connectivity index (χ1v) is 6.23. The molecule has 5 nitrogen and oxygen atoms in total. The zero-order chi connectivity index (χ0) is 12.8. The standard InChI is InChI=1S/C12H22N2O3/c1-9(2)7-10-4-6-14(8-10)12(17)13-5-3-11(15)16/h9-10H,3-8H2,1-2H3,(H,13,17)(H,15,16). The number of carboxylic acid groups (broad SMARTS) is 1. The molecule has 0 aromatic heterocycles. The third-order valence-corrected chi connectivity index (χ3v) is 2.99. The molecule has 1 saturated heterocycles. The number of hydrogen-bond donors (Lipinski definition) is 2. The van der Waals surface area contributed by atoms with E-state index in [9.17, 15) is 9.59 Å². The number of likely N-dealkylation sites (tertiary alicyclic amines) is 1. The van der Waals surface area contributed by atoms with Crippen LogP contribution in [0.3, 0.4) is 0 Å². The van der Waals surface area contributed by atoms with E-state index in [1.54, 1.807) is 4.90 Å². The Kier molecular flexibility index (Phi) is 5.25. The second-order valence-electron chi connectivity index (χ2n) is 5.11. The second kappa shape index (κ2) is 6.47. The lowest BCUT2D eigenvalue weighted by Gasteiger charge is -2.17. The summed E-state index contributed by atoms with van der Waals surface area (Å²) in [5, 5.41) is 11.1. The lowest BCUT2D eigenvalue weighted by atomic mass is 9.97. The number of urea groups is 1. The van der Waals surface area contributed by atoms with E-state index in [4.69, 9.17) is 5.11 Å². The van der Waals surface area contributed by atoms with Crippen molar-refractivity contribution in [3.63, 3.8) is 0 Å². The Hall–Kier alpha value is -1.26. The van der Waals surface area contributed by atoms with Crippen molar-refractivity contribution in [3.05, 3.63) is 0 Å². The molecule has 2 N–H and O–H groups in total. The molecule has 1 rings (SSSR count). The number of aliphatic carboxylic acids is 1. The summed E-state index contributed by atoms with van der Waals surface area (Å²) in [6.45, 7) is 6.18. The number of nitrogens with zero attached hydrogens (tertiary/aromatic N) is 1. The first kappa shape index (κ1) is 13.8. The van der Waals surface area contributed by atoms with Crippen molar-refractivity contribution in [1.82, 2.24) is 10.2 Å². The van der Waals surface area contributed by atoms with E-state index < -0.39 is 5.97 Å². The van der Waals surface area contributed by atoms with Gasteiger partial charge in [-0.3, -0.25) is 4.79 Å². The fourth-order valence-electron chi connectivity index (χ4n) is 2.26. The van der Waals surface area contributed by atoms with Gasteiger partial charge in [0.15, 0.2) is 0 Å². The Labute approximate surface area is 102 Å². The van der Waals surface area contributed by atoms with Crippen LogP contribution in [-0.4, -0.2) is 41.6 Å². The monoisotopic (exact) mass is 242 g/mol. The number of carbonyl (C=O) groups is 2. The molecule has 1 aliphatic rings. The van der Waals surface area contributed by atoms with Crippen molar-refractivity contribution >= 4 is 12.0 Å². The Morgan fingerprint density at radius 2 is 2.18 bits per heavy atom. The Morgan fingerprint density at radius 3 is 2.76 bits per heavy atom. The highest BCUT2D eigenvalue weighted by Crippen LogP contribution is 2.22. The minimum Gasteiger partial charge on any atom is -0.481 e. The van der Waals surface area contributed by atoms with Gasteiger partial charge >= 0.3 is 12.0 Å². The topological polar surface area (TPSA) is 69.6 Å². The molecule has 1 atom stereocenters. The van der Waals surface area contributed by atoms with Gasteiger partial charge < -0.3 is 15.3 Å². The highest BCUT2D eigenvalue weighted by molar-refractivity contribution is 5.75. The van der Waals surface area contributed by atoms with Crippen LogP contribution < -0.4 is 5.32 Å². The summed E-state index contributed by atoms with van der Waals surface area (Å²) < 4.78 is 0. The Bertz CT molecular complexity index is 279. The van der Waals surface area contributed by atoms with Crippen LogP contribution in [0.4, 0.5) is 4.79 Å². The third kappa shape index (κ3) is 5.06. The fourth-order valence-corrected chi connectivity index (χ4v) is 2.26. The summed E-state index contributed by atoms with van der Waals surface area (Å²) in [5.74, 6) is 0.375. The smallest absolute Gasteiger partial charge is 0.317 e. The summed E-state index contributed by atoms with van der Waals surface area (Å²) >= 11 is 0. The van der Waals surface area contributed by atoms with Crippen molar-refractivity contribution in [2.75, 3.05) is 19.6 Å². The van der Waals surface area contributed by atoms with Crippen LogP contribution in [0.1, 0.15) is 33.1 Å². The van der Waals surface area contributed by atoms with E-state index in [0.717, 1.165) is 25.9 Å². The summed E-state index contributed by atoms with van der Waals surface area (Å²) in [5.41, 5.74) is 0. The van der Waals surface area contributed by atoms with Gasteiger partial charge in [0.2, 0.25) is 0 Å². The molecular formula is C12H22N2O3. The molecule has 17 heavy (non-hydrogen) atoms. The van der Waals surface area contributed by atoms with Crippen LogP contribution in [-0.2, 0) is 4.79 Å². The van der Waals surface area contributed by atoms with Gasteiger partial charge in [-0.15, -0.1) is 0 Å². The minimum absolute atomic E-state index is 0.0188. The lowest BCUT2D eigenvalue weighted by molar-refractivity contribution is -0.136. The maximum Gasteiger partial charge on any atom is 0.317 e. The summed E-state index contributed by atoms with van der Waals surface area (Å²) in [7, 11) is 0. The number of nitrogens with one attached hydrogen (secondary N) is 1. The fraction of sp³-hybridized carbons (Fsp3) is 0.833. The Balaban J connectivity index is 2.23. The number of hydrogen-bond acceptors (Lipinski definition) is 2. The molecule has 98 valence electrons. The first-order valence-electron chi connectivity index (χ1n) is 6.23. The molecule has 0 aromatic rings. The number of rotatable bonds is 5. The molecular weight excluding hydrogens is 220 g/mol. The van der Waals surface area contributed by atoms with E-state index in [1.165, 1.54) is 0 Å². The van der Waals surface area contributed by atoms with Gasteiger partial charge in [-0.1, -0.05) is 13.8 Å². The largest absolute Gasteiger partial charge is 0.481 e. The van der Waals surface area contributed by atoms with Gasteiger partial charge in [0.1, 0.15) is 0 Å². The van der Waals surface area contributed by atoms with Gasteiger partial charge in [-0.25, -0.2) is 4.79 Å². The normalized spacial score (nSPS) is 19.7. The van der Waals surface area contributed by atoms with E-state index in [0.29, 0.717) is 11.8 Å². The van der Waals surface area contributed by atoms with Crippen LogP contribution in [0.2, 0.25) is 0 Å². The molecule has 5 heteroatoms. The van der Waals surface area contributed by atoms with Crippen LogP contribution in [0.15, 0.2) is 0 Å². The van der Waals surface area contributed by atoms with Gasteiger partial charge in [-0.05, 0) is 24.7 Å². The van der Waals surface area contributed by atoms with Gasteiger partial charge in [0.25, 0.3) is 0 Å². The zero-order valence-electron chi connectivity index (χ0n) is 10.6. The summed E-state index contributed by atoms with van der Waals surface area (Å²) in [6, 6.07) is -0.127. The maximum atomic E-state index is 11.7. The van der Waals surface area contributed by atoms with Crippen molar-refractivity contribution in [1.29, 1.82) is 0 Å². The average molecular weight is 242 g/mol. The summed E-state index contributed by atoms with van der Waals surface area (Å²) in [6.07, 6.45) is 2.19. The van der Waals surface area contributed by atoms with E-state index in [-0.39, 0.29) is 19.0 Å². The van der Waals surface area contributed by atoms with E-state index >= 15 is 0 Å². The van der Waals surface area contributed by atoms with Crippen LogP contribution in [0.25, 0.3) is 0 Å². The molecule has 0 saturated carbocycles. The quantitative estimate of drug-likeness (QED) is 0.768. The third-order valence-electron chi connectivity index (χ3n) is 2.99. The van der Waals surface area contributed by atoms with E-state index in [1.807, 2.05) is 0 Å². The molecule has 0 aliphatic carbocycles. The molecule has 2 amide bonds. The van der Waals surface area contributed by atoms with Crippen molar-refractivity contribution in [2.45, 2.75) is 33.1 Å².